The average molecular weight is 362 g/mol. The number of aromatic nitrogens is 1. The van der Waals surface area contributed by atoms with Gasteiger partial charge in [0.2, 0.25) is 0 Å². The molecule has 1 N–H and O–H groups in total. The van der Waals surface area contributed by atoms with Gasteiger partial charge < -0.3 is 5.32 Å². The third-order valence-electron chi connectivity index (χ3n) is 3.66. The molecule has 0 spiro atoms. The van der Waals surface area contributed by atoms with Gasteiger partial charge in [0.05, 0.1) is 5.69 Å². The molecule has 0 aromatic carbocycles. The van der Waals surface area contributed by atoms with E-state index in [4.69, 9.17) is 0 Å². The van der Waals surface area contributed by atoms with Gasteiger partial charge in [0.25, 0.3) is 0 Å². The van der Waals surface area contributed by atoms with Gasteiger partial charge >= 0.3 is 0 Å². The second-order valence-electron chi connectivity index (χ2n) is 5.40. The Hall–Kier alpha value is 0.0700. The Balaban J connectivity index is 1.98. The maximum atomic E-state index is 4.43. The lowest BCUT2D eigenvalue weighted by Crippen LogP contribution is -2.37. The van der Waals surface area contributed by atoms with Crippen molar-refractivity contribution in [3.8, 4) is 0 Å². The molecule has 4 heteroatoms. The van der Waals surface area contributed by atoms with Crippen molar-refractivity contribution in [3.05, 3.63) is 26.9 Å². The molecule has 94 valence electrons. The number of halogens is 2. The lowest BCUT2D eigenvalue weighted by Gasteiger charge is -2.28. The number of hydrogen-bond donors (Lipinski definition) is 1. The van der Waals surface area contributed by atoms with Crippen LogP contribution in [-0.2, 0) is 6.54 Å². The summed E-state index contributed by atoms with van der Waals surface area (Å²) >= 11 is 6.97. The van der Waals surface area contributed by atoms with E-state index in [0.29, 0.717) is 11.5 Å². The summed E-state index contributed by atoms with van der Waals surface area (Å²) < 4.78 is 2.07. The molecule has 0 aliphatic heterocycles. The molecule has 0 amide bonds. The second-order valence-corrected chi connectivity index (χ2v) is 7.17. The van der Waals surface area contributed by atoms with E-state index in [-0.39, 0.29) is 0 Å². The second kappa shape index (κ2) is 5.37. The van der Waals surface area contributed by atoms with Crippen LogP contribution in [-0.4, -0.2) is 11.0 Å². The summed E-state index contributed by atoms with van der Waals surface area (Å²) in [6.07, 6.45) is 5.78. The molecule has 1 aliphatic carbocycles. The highest BCUT2D eigenvalue weighted by Gasteiger charge is 2.33. The van der Waals surface area contributed by atoms with Crippen molar-refractivity contribution < 1.29 is 0 Å². The first-order valence-electron chi connectivity index (χ1n) is 6.02. The van der Waals surface area contributed by atoms with Gasteiger partial charge in [-0.05, 0) is 56.2 Å². The van der Waals surface area contributed by atoms with Crippen molar-refractivity contribution in [2.75, 3.05) is 0 Å². The van der Waals surface area contributed by atoms with E-state index in [1.807, 2.05) is 12.3 Å². The van der Waals surface area contributed by atoms with Crippen LogP contribution in [0.1, 0.15) is 38.8 Å². The van der Waals surface area contributed by atoms with Crippen LogP contribution < -0.4 is 5.32 Å². The highest BCUT2D eigenvalue weighted by Crippen LogP contribution is 2.37. The molecule has 1 aromatic rings. The number of nitrogens with one attached hydrogen (secondary N) is 1. The lowest BCUT2D eigenvalue weighted by atomic mass is 9.87. The Morgan fingerprint density at radius 1 is 1.47 bits per heavy atom. The fraction of sp³-hybridized carbons (Fsp3) is 0.615. The van der Waals surface area contributed by atoms with Crippen molar-refractivity contribution >= 4 is 31.9 Å². The third-order valence-corrected chi connectivity index (χ3v) is 4.78. The molecule has 1 saturated carbocycles. The summed E-state index contributed by atoms with van der Waals surface area (Å²) in [6, 6.07) is 2.66. The molecule has 0 bridgehead atoms. The highest BCUT2D eigenvalue weighted by atomic mass is 79.9. The van der Waals surface area contributed by atoms with Crippen molar-refractivity contribution in [2.45, 2.75) is 45.7 Å². The van der Waals surface area contributed by atoms with E-state index in [1.165, 1.54) is 19.3 Å². The summed E-state index contributed by atoms with van der Waals surface area (Å²) in [6.45, 7) is 5.53. The van der Waals surface area contributed by atoms with Crippen molar-refractivity contribution in [3.63, 3.8) is 0 Å². The first kappa shape index (κ1) is 13.5. The lowest BCUT2D eigenvalue weighted by molar-refractivity contribution is 0.281. The first-order chi connectivity index (χ1) is 7.99. The van der Waals surface area contributed by atoms with Crippen molar-refractivity contribution in [1.82, 2.24) is 10.3 Å². The molecule has 0 radical (unpaired) electrons. The monoisotopic (exact) mass is 360 g/mol. The summed E-state index contributed by atoms with van der Waals surface area (Å²) in [5.41, 5.74) is 1.50. The molecule has 2 rings (SSSR count). The SMILES string of the molecule is CC1(C)CCCC1NCc1ncc(Br)cc1Br. The smallest absolute Gasteiger partial charge is 0.0684 e. The Labute approximate surface area is 120 Å². The summed E-state index contributed by atoms with van der Waals surface area (Å²) in [4.78, 5) is 4.43. The number of rotatable bonds is 3. The van der Waals surface area contributed by atoms with Crippen LogP contribution in [0, 0.1) is 5.41 Å². The number of hydrogen-bond acceptors (Lipinski definition) is 2. The normalized spacial score (nSPS) is 22.9. The summed E-state index contributed by atoms with van der Waals surface area (Å²) in [5.74, 6) is 0. The molecular weight excluding hydrogens is 344 g/mol. The quantitative estimate of drug-likeness (QED) is 0.869. The summed E-state index contributed by atoms with van der Waals surface area (Å²) in [5, 5.41) is 3.64. The van der Waals surface area contributed by atoms with E-state index in [9.17, 15) is 0 Å². The molecule has 1 fully saturated rings. The zero-order chi connectivity index (χ0) is 12.5. The van der Waals surface area contributed by atoms with E-state index >= 15 is 0 Å². The standard InChI is InChI=1S/C13H18Br2N2/c1-13(2)5-3-4-12(13)17-8-11-10(15)6-9(14)7-16-11/h6-7,12,17H,3-5,8H2,1-2H3. The molecule has 1 heterocycles. The highest BCUT2D eigenvalue weighted by molar-refractivity contribution is 9.11. The van der Waals surface area contributed by atoms with Crippen LogP contribution in [0.15, 0.2) is 21.2 Å². The number of nitrogens with zero attached hydrogens (tertiary/aromatic N) is 1. The van der Waals surface area contributed by atoms with Crippen LogP contribution in [0.4, 0.5) is 0 Å². The van der Waals surface area contributed by atoms with Gasteiger partial charge in [-0.25, -0.2) is 0 Å². The molecule has 2 nitrogen and oxygen atoms in total. The van der Waals surface area contributed by atoms with Crippen LogP contribution in [0.25, 0.3) is 0 Å². The van der Waals surface area contributed by atoms with Crippen LogP contribution in [0.3, 0.4) is 0 Å². The maximum Gasteiger partial charge on any atom is 0.0684 e. The van der Waals surface area contributed by atoms with Crippen LogP contribution >= 0.6 is 31.9 Å². The molecule has 1 atom stereocenters. The summed E-state index contributed by atoms with van der Waals surface area (Å²) in [7, 11) is 0. The van der Waals surface area contributed by atoms with E-state index < -0.39 is 0 Å². The molecule has 1 aliphatic rings. The van der Waals surface area contributed by atoms with E-state index in [1.54, 1.807) is 0 Å². The molecule has 17 heavy (non-hydrogen) atoms. The Morgan fingerprint density at radius 2 is 2.24 bits per heavy atom. The van der Waals surface area contributed by atoms with E-state index in [2.05, 4.69) is 56.0 Å². The predicted octanol–water partition coefficient (Wildman–Crippen LogP) is 4.27. The van der Waals surface area contributed by atoms with Gasteiger partial charge in [0.1, 0.15) is 0 Å². The molecule has 0 saturated heterocycles. The van der Waals surface area contributed by atoms with Gasteiger partial charge in [0, 0.05) is 27.7 Å². The molecule has 1 unspecified atom stereocenters. The van der Waals surface area contributed by atoms with Gasteiger partial charge in [-0.15, -0.1) is 0 Å². The van der Waals surface area contributed by atoms with Crippen molar-refractivity contribution in [2.24, 2.45) is 5.41 Å². The largest absolute Gasteiger partial charge is 0.308 e. The fourth-order valence-corrected chi connectivity index (χ4v) is 3.63. The topological polar surface area (TPSA) is 24.9 Å². The zero-order valence-corrected chi connectivity index (χ0v) is 13.4. The third kappa shape index (κ3) is 3.30. The predicted molar refractivity (Wildman–Crippen MR) is 77.9 cm³/mol. The Kier molecular flexibility index (Phi) is 4.26. The minimum absolute atomic E-state index is 0.418. The molecular formula is C13H18Br2N2. The maximum absolute atomic E-state index is 4.43. The van der Waals surface area contributed by atoms with Gasteiger partial charge in [-0.3, -0.25) is 4.98 Å². The molecule has 1 aromatic heterocycles. The van der Waals surface area contributed by atoms with Gasteiger partial charge in [-0.2, -0.15) is 0 Å². The van der Waals surface area contributed by atoms with Crippen LogP contribution in [0.2, 0.25) is 0 Å². The van der Waals surface area contributed by atoms with E-state index in [0.717, 1.165) is 21.2 Å². The first-order valence-corrected chi connectivity index (χ1v) is 7.61. The average Bonchev–Trinajstić information content (AvgIpc) is 2.57. The minimum atomic E-state index is 0.418. The van der Waals surface area contributed by atoms with Gasteiger partial charge in [-0.1, -0.05) is 20.3 Å². The fourth-order valence-electron chi connectivity index (χ4n) is 2.50. The van der Waals surface area contributed by atoms with Crippen LogP contribution in [0.5, 0.6) is 0 Å². The Bertz CT molecular complexity index is 404. The number of pyridine rings is 1. The van der Waals surface area contributed by atoms with Crippen molar-refractivity contribution in [1.29, 1.82) is 0 Å². The minimum Gasteiger partial charge on any atom is -0.308 e. The Morgan fingerprint density at radius 3 is 2.82 bits per heavy atom. The van der Waals surface area contributed by atoms with Gasteiger partial charge in [0.15, 0.2) is 0 Å². The zero-order valence-electron chi connectivity index (χ0n) is 10.3.